The van der Waals surface area contributed by atoms with Crippen LogP contribution in [0.4, 0.5) is 5.69 Å². The zero-order valence-electron chi connectivity index (χ0n) is 16.3. The Hall–Kier alpha value is -2.44. The van der Waals surface area contributed by atoms with E-state index < -0.39 is 10.0 Å². The lowest BCUT2D eigenvalue weighted by Gasteiger charge is -2.18. The normalized spacial score (nSPS) is 12.4. The number of primary sulfonamides is 1. The second-order valence-corrected chi connectivity index (χ2v) is 9.21. The van der Waals surface area contributed by atoms with Gasteiger partial charge in [0.2, 0.25) is 15.9 Å². The number of hydrogen-bond acceptors (Lipinski definition) is 3. The topological polar surface area (TPSA) is 89.3 Å². The van der Waals surface area contributed by atoms with E-state index in [0.29, 0.717) is 5.69 Å². The second kappa shape index (κ2) is 7.66. The van der Waals surface area contributed by atoms with Crippen LogP contribution >= 0.6 is 0 Å². The molecule has 0 aliphatic heterocycles. The molecule has 1 amide bonds. The SMILES string of the molecule is Cc1cc(S(N)(=O)=O)cc(NC(=O)/C=C/c2ccc(C(C)(C)C)cc2)c1C. The quantitative estimate of drug-likeness (QED) is 0.781. The van der Waals surface area contributed by atoms with E-state index in [-0.39, 0.29) is 16.2 Å². The summed E-state index contributed by atoms with van der Waals surface area (Å²) in [4.78, 5) is 12.2. The molecule has 3 N–H and O–H groups in total. The molecule has 0 fully saturated rings. The van der Waals surface area contributed by atoms with Gasteiger partial charge in [-0.15, -0.1) is 0 Å². The lowest BCUT2D eigenvalue weighted by atomic mass is 9.87. The summed E-state index contributed by atoms with van der Waals surface area (Å²) in [6.45, 7) is 10.0. The van der Waals surface area contributed by atoms with Gasteiger partial charge in [0.1, 0.15) is 0 Å². The summed E-state index contributed by atoms with van der Waals surface area (Å²) in [7, 11) is -3.84. The Labute approximate surface area is 161 Å². The Morgan fingerprint density at radius 3 is 2.19 bits per heavy atom. The van der Waals surface area contributed by atoms with E-state index in [9.17, 15) is 13.2 Å². The lowest BCUT2D eigenvalue weighted by Crippen LogP contribution is -2.15. The van der Waals surface area contributed by atoms with E-state index in [1.54, 1.807) is 13.0 Å². The molecule has 0 radical (unpaired) electrons. The third-order valence-corrected chi connectivity index (χ3v) is 5.32. The maximum Gasteiger partial charge on any atom is 0.248 e. The van der Waals surface area contributed by atoms with Crippen molar-refractivity contribution in [2.75, 3.05) is 5.32 Å². The molecular formula is C21H26N2O3S. The zero-order valence-corrected chi connectivity index (χ0v) is 17.1. The van der Waals surface area contributed by atoms with Crippen molar-refractivity contribution in [3.63, 3.8) is 0 Å². The van der Waals surface area contributed by atoms with E-state index in [2.05, 4.69) is 26.1 Å². The molecule has 27 heavy (non-hydrogen) atoms. The standard InChI is InChI=1S/C21H26N2O3S/c1-14-12-18(27(22,25)26)13-19(15(14)2)23-20(24)11-8-16-6-9-17(10-7-16)21(3,4)5/h6-13H,1-5H3,(H,23,24)(H2,22,25,26)/b11-8+. The van der Waals surface area contributed by atoms with Gasteiger partial charge in [-0.1, -0.05) is 45.0 Å². The molecule has 6 heteroatoms. The highest BCUT2D eigenvalue weighted by Gasteiger charge is 2.14. The molecule has 0 aliphatic rings. The molecule has 0 saturated carbocycles. The largest absolute Gasteiger partial charge is 0.322 e. The highest BCUT2D eigenvalue weighted by molar-refractivity contribution is 7.89. The van der Waals surface area contributed by atoms with Crippen LogP contribution in [0.1, 0.15) is 43.0 Å². The average Bonchev–Trinajstić information content (AvgIpc) is 2.55. The van der Waals surface area contributed by atoms with Gasteiger partial charge in [-0.2, -0.15) is 0 Å². The molecular weight excluding hydrogens is 360 g/mol. The van der Waals surface area contributed by atoms with Crippen molar-refractivity contribution in [2.45, 2.75) is 44.9 Å². The molecule has 0 unspecified atom stereocenters. The van der Waals surface area contributed by atoms with Gasteiger partial charge in [-0.3, -0.25) is 4.79 Å². The zero-order chi connectivity index (χ0) is 20.4. The van der Waals surface area contributed by atoms with Crippen LogP contribution in [-0.2, 0) is 20.2 Å². The number of hydrogen-bond donors (Lipinski definition) is 2. The summed E-state index contributed by atoms with van der Waals surface area (Å²) >= 11 is 0. The maximum absolute atomic E-state index is 12.3. The van der Waals surface area contributed by atoms with Crippen LogP contribution < -0.4 is 10.5 Å². The molecule has 0 aliphatic carbocycles. The van der Waals surface area contributed by atoms with Crippen molar-refractivity contribution >= 4 is 27.7 Å². The number of nitrogens with one attached hydrogen (secondary N) is 1. The number of carbonyl (C=O) groups excluding carboxylic acids is 1. The minimum Gasteiger partial charge on any atom is -0.322 e. The number of nitrogens with two attached hydrogens (primary N) is 1. The first-order valence-electron chi connectivity index (χ1n) is 8.61. The lowest BCUT2D eigenvalue weighted by molar-refractivity contribution is -0.111. The fourth-order valence-corrected chi connectivity index (χ4v) is 3.18. The average molecular weight is 387 g/mol. The minimum absolute atomic E-state index is 0.0253. The summed E-state index contributed by atoms with van der Waals surface area (Å²) < 4.78 is 23.2. The minimum atomic E-state index is -3.84. The maximum atomic E-state index is 12.3. The Bertz CT molecular complexity index is 983. The molecule has 5 nitrogen and oxygen atoms in total. The third kappa shape index (κ3) is 5.52. The van der Waals surface area contributed by atoms with E-state index in [0.717, 1.165) is 16.7 Å². The van der Waals surface area contributed by atoms with Crippen LogP contribution in [0.5, 0.6) is 0 Å². The van der Waals surface area contributed by atoms with Crippen LogP contribution in [0.25, 0.3) is 6.08 Å². The molecule has 0 spiro atoms. The summed E-state index contributed by atoms with van der Waals surface area (Å²) in [5, 5.41) is 7.92. The van der Waals surface area contributed by atoms with Crippen molar-refractivity contribution < 1.29 is 13.2 Å². The Morgan fingerprint density at radius 1 is 1.07 bits per heavy atom. The van der Waals surface area contributed by atoms with Crippen LogP contribution in [0, 0.1) is 13.8 Å². The van der Waals surface area contributed by atoms with Crippen LogP contribution in [-0.4, -0.2) is 14.3 Å². The Morgan fingerprint density at radius 2 is 1.67 bits per heavy atom. The summed E-state index contributed by atoms with van der Waals surface area (Å²) in [6.07, 6.45) is 3.14. The van der Waals surface area contributed by atoms with Gasteiger partial charge in [0.05, 0.1) is 4.90 Å². The predicted octanol–water partition coefficient (Wildman–Crippen LogP) is 3.90. The van der Waals surface area contributed by atoms with Crippen molar-refractivity contribution in [1.29, 1.82) is 0 Å². The fourth-order valence-electron chi connectivity index (χ4n) is 2.56. The highest BCUT2D eigenvalue weighted by Crippen LogP contribution is 2.24. The summed E-state index contributed by atoms with van der Waals surface area (Å²) in [6, 6.07) is 10.9. The smallest absolute Gasteiger partial charge is 0.248 e. The first-order chi connectivity index (χ1) is 12.4. The molecule has 0 aromatic heterocycles. The van der Waals surface area contributed by atoms with E-state index in [1.807, 2.05) is 31.2 Å². The van der Waals surface area contributed by atoms with E-state index >= 15 is 0 Å². The first kappa shape index (κ1) is 20.9. The van der Waals surface area contributed by atoms with Gasteiger partial charge in [-0.25, -0.2) is 13.6 Å². The predicted molar refractivity (Wildman–Crippen MR) is 110 cm³/mol. The van der Waals surface area contributed by atoms with Crippen molar-refractivity contribution in [3.05, 3.63) is 64.7 Å². The first-order valence-corrected chi connectivity index (χ1v) is 10.2. The van der Waals surface area contributed by atoms with Crippen molar-refractivity contribution in [2.24, 2.45) is 5.14 Å². The number of sulfonamides is 1. The molecule has 0 atom stereocenters. The van der Waals surface area contributed by atoms with Crippen LogP contribution in [0.2, 0.25) is 0 Å². The van der Waals surface area contributed by atoms with Crippen LogP contribution in [0.3, 0.4) is 0 Å². The molecule has 2 rings (SSSR count). The summed E-state index contributed by atoms with van der Waals surface area (Å²) in [5.41, 5.74) is 4.15. The number of carbonyl (C=O) groups is 1. The summed E-state index contributed by atoms with van der Waals surface area (Å²) in [5.74, 6) is -0.344. The van der Waals surface area contributed by atoms with Crippen molar-refractivity contribution in [1.82, 2.24) is 0 Å². The van der Waals surface area contributed by atoms with E-state index in [1.165, 1.54) is 23.8 Å². The number of amides is 1. The molecule has 0 heterocycles. The number of rotatable bonds is 4. The fraction of sp³-hybridized carbons (Fsp3) is 0.286. The van der Waals surface area contributed by atoms with Gasteiger partial charge in [0.25, 0.3) is 0 Å². The van der Waals surface area contributed by atoms with Gasteiger partial charge in [0, 0.05) is 11.8 Å². The van der Waals surface area contributed by atoms with Gasteiger partial charge < -0.3 is 5.32 Å². The second-order valence-electron chi connectivity index (χ2n) is 7.65. The molecule has 2 aromatic carbocycles. The molecule has 144 valence electrons. The third-order valence-electron chi connectivity index (χ3n) is 4.43. The van der Waals surface area contributed by atoms with Gasteiger partial charge in [0.15, 0.2) is 0 Å². The van der Waals surface area contributed by atoms with Crippen molar-refractivity contribution in [3.8, 4) is 0 Å². The van der Waals surface area contributed by atoms with Crippen LogP contribution in [0.15, 0.2) is 47.4 Å². The monoisotopic (exact) mass is 386 g/mol. The highest BCUT2D eigenvalue weighted by atomic mass is 32.2. The van der Waals surface area contributed by atoms with Gasteiger partial charge >= 0.3 is 0 Å². The number of benzene rings is 2. The molecule has 0 bridgehead atoms. The number of aryl methyl sites for hydroxylation is 1. The molecule has 2 aromatic rings. The number of anilines is 1. The Balaban J connectivity index is 2.18. The van der Waals surface area contributed by atoms with Gasteiger partial charge in [-0.05, 0) is 59.7 Å². The Kier molecular flexibility index (Phi) is 5.92. The van der Waals surface area contributed by atoms with E-state index in [4.69, 9.17) is 5.14 Å². The molecule has 0 saturated heterocycles.